The Morgan fingerprint density at radius 2 is 2.31 bits per heavy atom. The normalized spacial score (nSPS) is 18.1. The van der Waals surface area contributed by atoms with Gasteiger partial charge in [0.05, 0.1) is 29.0 Å². The lowest BCUT2D eigenvalue weighted by molar-refractivity contribution is 0.364. The predicted octanol–water partition coefficient (Wildman–Crippen LogP) is 1.62. The van der Waals surface area contributed by atoms with Crippen LogP contribution >= 0.6 is 15.9 Å². The third kappa shape index (κ3) is 2.64. The Hall–Kier alpha value is -0.390. The third-order valence-electron chi connectivity index (χ3n) is 3.04. The van der Waals surface area contributed by atoms with Crippen LogP contribution in [0.15, 0.2) is 10.7 Å². The minimum atomic E-state index is 0.138. The molecule has 1 aliphatic rings. The molecule has 1 aromatic rings. The monoisotopic (exact) mass is 286 g/mol. The molecule has 0 bridgehead atoms. The van der Waals surface area contributed by atoms with E-state index in [2.05, 4.69) is 40.0 Å². The summed E-state index contributed by atoms with van der Waals surface area (Å²) in [5.74, 6) is 0.658. The van der Waals surface area contributed by atoms with Crippen molar-refractivity contribution >= 4 is 15.9 Å². The molecule has 16 heavy (non-hydrogen) atoms. The van der Waals surface area contributed by atoms with E-state index in [0.29, 0.717) is 5.92 Å². The summed E-state index contributed by atoms with van der Waals surface area (Å²) in [5, 5.41) is 4.38. The van der Waals surface area contributed by atoms with Gasteiger partial charge in [-0.05, 0) is 48.8 Å². The average Bonchev–Trinajstić information content (AvgIpc) is 2.99. The van der Waals surface area contributed by atoms with Gasteiger partial charge in [-0.1, -0.05) is 0 Å². The lowest BCUT2D eigenvalue weighted by atomic mass is 10.1. The van der Waals surface area contributed by atoms with Gasteiger partial charge in [-0.15, -0.1) is 0 Å². The molecule has 2 N–H and O–H groups in total. The zero-order chi connectivity index (χ0) is 11.7. The molecular formula is C11H19BrN4. The summed E-state index contributed by atoms with van der Waals surface area (Å²) in [6.45, 7) is 1.88. The van der Waals surface area contributed by atoms with E-state index in [1.165, 1.54) is 12.8 Å². The van der Waals surface area contributed by atoms with Gasteiger partial charge in [0.2, 0.25) is 0 Å². The topological polar surface area (TPSA) is 47.1 Å². The quantitative estimate of drug-likeness (QED) is 0.895. The summed E-state index contributed by atoms with van der Waals surface area (Å²) in [7, 11) is 4.14. The maximum absolute atomic E-state index is 6.25. The van der Waals surface area contributed by atoms with Gasteiger partial charge in [0.1, 0.15) is 0 Å². The molecule has 5 heteroatoms. The van der Waals surface area contributed by atoms with Crippen molar-refractivity contribution < 1.29 is 0 Å². The highest BCUT2D eigenvalue weighted by atomic mass is 79.9. The standard InChI is InChI=1S/C11H19BrN4/c1-15(2)5-6-16-11(9(12)7-14-16)10(13)8-3-4-8/h7-8,10H,3-6,13H2,1-2H3. The minimum Gasteiger partial charge on any atom is -0.322 e. The van der Waals surface area contributed by atoms with Gasteiger partial charge in [-0.2, -0.15) is 5.10 Å². The summed E-state index contributed by atoms with van der Waals surface area (Å²) in [6, 6.07) is 0.138. The molecule has 0 radical (unpaired) electrons. The van der Waals surface area contributed by atoms with Crippen LogP contribution < -0.4 is 5.73 Å². The van der Waals surface area contributed by atoms with Crippen molar-refractivity contribution in [3.8, 4) is 0 Å². The van der Waals surface area contributed by atoms with E-state index in [1.807, 2.05) is 10.9 Å². The Bertz CT molecular complexity index is 357. The molecule has 0 saturated heterocycles. The summed E-state index contributed by atoms with van der Waals surface area (Å²) < 4.78 is 3.08. The van der Waals surface area contributed by atoms with Crippen LogP contribution in [0.1, 0.15) is 24.6 Å². The molecule has 1 unspecified atom stereocenters. The Morgan fingerprint density at radius 1 is 1.62 bits per heavy atom. The van der Waals surface area contributed by atoms with Crippen molar-refractivity contribution in [3.63, 3.8) is 0 Å². The van der Waals surface area contributed by atoms with Gasteiger partial charge in [-0.3, -0.25) is 4.68 Å². The van der Waals surface area contributed by atoms with Crippen LogP contribution in [0.25, 0.3) is 0 Å². The lowest BCUT2D eigenvalue weighted by Crippen LogP contribution is -2.23. The van der Waals surface area contributed by atoms with Gasteiger partial charge in [0.25, 0.3) is 0 Å². The molecule has 1 aromatic heterocycles. The van der Waals surface area contributed by atoms with Crippen molar-refractivity contribution in [2.24, 2.45) is 11.7 Å². The molecule has 1 saturated carbocycles. The largest absolute Gasteiger partial charge is 0.322 e. The van der Waals surface area contributed by atoms with E-state index >= 15 is 0 Å². The van der Waals surface area contributed by atoms with Crippen LogP contribution in [0.2, 0.25) is 0 Å². The second kappa shape index (κ2) is 4.85. The third-order valence-corrected chi connectivity index (χ3v) is 3.65. The smallest absolute Gasteiger partial charge is 0.0696 e. The van der Waals surface area contributed by atoms with Crippen LogP contribution in [0.4, 0.5) is 0 Å². The first kappa shape index (κ1) is 12.1. The number of nitrogens with zero attached hydrogens (tertiary/aromatic N) is 3. The lowest BCUT2D eigenvalue weighted by Gasteiger charge is -2.16. The molecule has 0 amide bonds. The van der Waals surface area contributed by atoms with Crippen LogP contribution in [-0.4, -0.2) is 35.3 Å². The fourth-order valence-electron chi connectivity index (χ4n) is 1.85. The van der Waals surface area contributed by atoms with Crippen LogP contribution in [0, 0.1) is 5.92 Å². The Labute approximate surface area is 105 Å². The highest BCUT2D eigenvalue weighted by Gasteiger charge is 2.32. The van der Waals surface area contributed by atoms with Gasteiger partial charge >= 0.3 is 0 Å². The fourth-order valence-corrected chi connectivity index (χ4v) is 2.42. The molecule has 0 spiro atoms. The molecule has 2 rings (SSSR count). The van der Waals surface area contributed by atoms with Crippen LogP contribution in [-0.2, 0) is 6.54 Å². The summed E-state index contributed by atoms with van der Waals surface area (Å²) >= 11 is 3.54. The SMILES string of the molecule is CN(C)CCn1ncc(Br)c1C(N)C1CC1. The predicted molar refractivity (Wildman–Crippen MR) is 68.1 cm³/mol. The van der Waals surface area contributed by atoms with E-state index in [1.54, 1.807) is 0 Å². The van der Waals surface area contributed by atoms with Crippen molar-refractivity contribution in [1.82, 2.24) is 14.7 Å². The van der Waals surface area contributed by atoms with Crippen molar-refractivity contribution in [1.29, 1.82) is 0 Å². The molecule has 1 atom stereocenters. The van der Waals surface area contributed by atoms with Crippen LogP contribution in [0.3, 0.4) is 0 Å². The second-order valence-corrected chi connectivity index (χ2v) is 5.62. The second-order valence-electron chi connectivity index (χ2n) is 4.77. The van der Waals surface area contributed by atoms with Gasteiger partial charge in [-0.25, -0.2) is 0 Å². The molecule has 1 heterocycles. The molecule has 1 fully saturated rings. The molecule has 4 nitrogen and oxygen atoms in total. The molecule has 0 aromatic carbocycles. The summed E-state index contributed by atoms with van der Waals surface area (Å²) in [6.07, 6.45) is 4.37. The van der Waals surface area contributed by atoms with E-state index in [4.69, 9.17) is 5.73 Å². The van der Waals surface area contributed by atoms with Crippen LogP contribution in [0.5, 0.6) is 0 Å². The number of hydrogen-bond donors (Lipinski definition) is 1. The van der Waals surface area contributed by atoms with Crippen molar-refractivity contribution in [2.75, 3.05) is 20.6 Å². The number of likely N-dealkylation sites (N-methyl/N-ethyl adjacent to an activating group) is 1. The Morgan fingerprint density at radius 3 is 2.88 bits per heavy atom. The van der Waals surface area contributed by atoms with Gasteiger partial charge < -0.3 is 10.6 Å². The maximum Gasteiger partial charge on any atom is 0.0696 e. The number of halogens is 1. The molecule has 0 aliphatic heterocycles. The zero-order valence-corrected chi connectivity index (χ0v) is 11.4. The average molecular weight is 287 g/mol. The van der Waals surface area contributed by atoms with Gasteiger partial charge in [0, 0.05) is 6.54 Å². The minimum absolute atomic E-state index is 0.138. The fraction of sp³-hybridized carbons (Fsp3) is 0.727. The van der Waals surface area contributed by atoms with Gasteiger partial charge in [0.15, 0.2) is 0 Å². The molecular weight excluding hydrogens is 268 g/mol. The Balaban J connectivity index is 2.11. The van der Waals surface area contributed by atoms with Crippen molar-refractivity contribution in [2.45, 2.75) is 25.4 Å². The zero-order valence-electron chi connectivity index (χ0n) is 9.86. The first-order valence-electron chi connectivity index (χ1n) is 5.71. The highest BCUT2D eigenvalue weighted by Crippen LogP contribution is 2.41. The molecule has 90 valence electrons. The highest BCUT2D eigenvalue weighted by molar-refractivity contribution is 9.10. The van der Waals surface area contributed by atoms with E-state index in [0.717, 1.165) is 23.3 Å². The summed E-state index contributed by atoms with van der Waals surface area (Å²) in [5.41, 5.74) is 7.41. The maximum atomic E-state index is 6.25. The first-order chi connectivity index (χ1) is 7.59. The number of hydrogen-bond acceptors (Lipinski definition) is 3. The number of rotatable bonds is 5. The Kier molecular flexibility index (Phi) is 3.66. The summed E-state index contributed by atoms with van der Waals surface area (Å²) in [4.78, 5) is 2.15. The van der Waals surface area contributed by atoms with E-state index < -0.39 is 0 Å². The first-order valence-corrected chi connectivity index (χ1v) is 6.50. The van der Waals surface area contributed by atoms with E-state index in [9.17, 15) is 0 Å². The van der Waals surface area contributed by atoms with Crippen molar-refractivity contribution in [3.05, 3.63) is 16.4 Å². The molecule has 1 aliphatic carbocycles. The van der Waals surface area contributed by atoms with E-state index in [-0.39, 0.29) is 6.04 Å². The number of nitrogens with two attached hydrogens (primary N) is 1. The number of aromatic nitrogens is 2.